The zero-order valence-electron chi connectivity index (χ0n) is 15.3. The fourth-order valence-corrected chi connectivity index (χ4v) is 3.91. The molecule has 2 heterocycles. The van der Waals surface area contributed by atoms with Gasteiger partial charge in [0.1, 0.15) is 0 Å². The number of benzene rings is 1. The van der Waals surface area contributed by atoms with Gasteiger partial charge in [0, 0.05) is 37.7 Å². The van der Waals surface area contributed by atoms with Gasteiger partial charge in [-0.3, -0.25) is 9.48 Å². The van der Waals surface area contributed by atoms with Gasteiger partial charge >= 0.3 is 0 Å². The molecule has 0 spiro atoms. The third kappa shape index (κ3) is 3.54. The molecule has 2 aromatic rings. The highest BCUT2D eigenvalue weighted by atomic mass is 16.3. The standard InChI is InChI=1S/C21H27N3O2/c1-2-24-14-18(20(22-24)16-8-9-16)21(26)23-11-10-19(25)17(13-23)12-15-6-4-3-5-7-15/h3-7,14,16-17,19,25H,2,8-13H2,1H3/t17-,19-/m1/s1. The number of aliphatic hydroxyl groups excluding tert-OH is 1. The van der Waals surface area contributed by atoms with Gasteiger partial charge < -0.3 is 10.0 Å². The summed E-state index contributed by atoms with van der Waals surface area (Å²) in [5.74, 6) is 0.620. The molecule has 1 aromatic carbocycles. The number of hydrogen-bond acceptors (Lipinski definition) is 3. The van der Waals surface area contributed by atoms with E-state index in [1.54, 1.807) is 0 Å². The van der Waals surface area contributed by atoms with Gasteiger partial charge in [-0.1, -0.05) is 30.3 Å². The number of aromatic nitrogens is 2. The molecule has 1 saturated carbocycles. The molecule has 1 aromatic heterocycles. The van der Waals surface area contributed by atoms with E-state index in [2.05, 4.69) is 17.2 Å². The van der Waals surface area contributed by atoms with E-state index in [-0.39, 0.29) is 17.9 Å². The zero-order valence-corrected chi connectivity index (χ0v) is 15.3. The van der Waals surface area contributed by atoms with Gasteiger partial charge in [-0.05, 0) is 38.2 Å². The van der Waals surface area contributed by atoms with Gasteiger partial charge in [-0.2, -0.15) is 5.10 Å². The van der Waals surface area contributed by atoms with Crippen molar-refractivity contribution < 1.29 is 9.90 Å². The predicted molar refractivity (Wildman–Crippen MR) is 100 cm³/mol. The van der Waals surface area contributed by atoms with Gasteiger partial charge in [0.2, 0.25) is 0 Å². The van der Waals surface area contributed by atoms with E-state index >= 15 is 0 Å². The van der Waals surface area contributed by atoms with Crippen LogP contribution in [0.15, 0.2) is 36.5 Å². The summed E-state index contributed by atoms with van der Waals surface area (Å²) in [7, 11) is 0. The minimum atomic E-state index is -0.347. The molecule has 2 fully saturated rings. The average Bonchev–Trinajstić information content (AvgIpc) is 3.42. The predicted octanol–water partition coefficient (Wildman–Crippen LogP) is 2.85. The number of aliphatic hydroxyl groups is 1. The summed E-state index contributed by atoms with van der Waals surface area (Å²) in [5.41, 5.74) is 2.95. The Kier molecular flexibility index (Phi) is 4.81. The van der Waals surface area contributed by atoms with Crippen molar-refractivity contribution in [2.24, 2.45) is 5.92 Å². The largest absolute Gasteiger partial charge is 0.393 e. The van der Waals surface area contributed by atoms with Crippen molar-refractivity contribution in [3.8, 4) is 0 Å². The first-order chi connectivity index (χ1) is 12.7. The van der Waals surface area contributed by atoms with Crippen molar-refractivity contribution >= 4 is 5.91 Å². The molecule has 26 heavy (non-hydrogen) atoms. The lowest BCUT2D eigenvalue weighted by atomic mass is 9.88. The lowest BCUT2D eigenvalue weighted by Gasteiger charge is -2.36. The Balaban J connectivity index is 1.50. The Hall–Kier alpha value is -2.14. The zero-order chi connectivity index (χ0) is 18.1. The SMILES string of the molecule is CCn1cc(C(=O)N2CC[C@@H](O)[C@H](Cc3ccccc3)C2)c(C2CC2)n1. The van der Waals surface area contributed by atoms with E-state index in [0.717, 1.165) is 37.1 Å². The molecule has 2 atom stereocenters. The lowest BCUT2D eigenvalue weighted by Crippen LogP contribution is -2.46. The Labute approximate surface area is 154 Å². The van der Waals surface area contributed by atoms with Gasteiger partial charge in [0.15, 0.2) is 0 Å². The molecular weight excluding hydrogens is 326 g/mol. The Bertz CT molecular complexity index is 767. The van der Waals surface area contributed by atoms with Crippen LogP contribution in [0.25, 0.3) is 0 Å². The molecule has 138 valence electrons. The Morgan fingerprint density at radius 3 is 2.69 bits per heavy atom. The summed E-state index contributed by atoms with van der Waals surface area (Å²) in [6, 6.07) is 10.2. The number of likely N-dealkylation sites (tertiary alicyclic amines) is 1. The van der Waals surface area contributed by atoms with Crippen molar-refractivity contribution in [3.05, 3.63) is 53.3 Å². The highest BCUT2D eigenvalue weighted by Gasteiger charge is 2.35. The van der Waals surface area contributed by atoms with Crippen LogP contribution in [0.2, 0.25) is 0 Å². The van der Waals surface area contributed by atoms with Crippen molar-refractivity contribution in [1.29, 1.82) is 0 Å². The van der Waals surface area contributed by atoms with Crippen molar-refractivity contribution in [2.45, 2.75) is 51.2 Å². The highest BCUT2D eigenvalue weighted by Crippen LogP contribution is 2.41. The quantitative estimate of drug-likeness (QED) is 0.899. The van der Waals surface area contributed by atoms with E-state index < -0.39 is 0 Å². The maximum atomic E-state index is 13.2. The lowest BCUT2D eigenvalue weighted by molar-refractivity contribution is 0.0240. The van der Waals surface area contributed by atoms with Crippen LogP contribution in [-0.4, -0.2) is 44.9 Å². The second-order valence-electron chi connectivity index (χ2n) is 7.61. The Morgan fingerprint density at radius 2 is 2.00 bits per heavy atom. The maximum absolute atomic E-state index is 13.2. The van der Waals surface area contributed by atoms with Crippen LogP contribution < -0.4 is 0 Å². The molecular formula is C21H27N3O2. The normalized spacial score (nSPS) is 23.2. The molecule has 1 amide bonds. The molecule has 2 aliphatic rings. The summed E-state index contributed by atoms with van der Waals surface area (Å²) in [6.07, 6.45) is 5.28. The van der Waals surface area contributed by atoms with Crippen LogP contribution in [0.5, 0.6) is 0 Å². The number of piperidine rings is 1. The minimum Gasteiger partial charge on any atom is -0.393 e. The number of hydrogen-bond donors (Lipinski definition) is 1. The number of aryl methyl sites for hydroxylation is 1. The Morgan fingerprint density at radius 1 is 1.23 bits per heavy atom. The van der Waals surface area contributed by atoms with Crippen LogP contribution >= 0.6 is 0 Å². The van der Waals surface area contributed by atoms with Crippen LogP contribution in [0.1, 0.15) is 53.7 Å². The second-order valence-corrected chi connectivity index (χ2v) is 7.61. The van der Waals surface area contributed by atoms with Crippen molar-refractivity contribution in [2.75, 3.05) is 13.1 Å². The van der Waals surface area contributed by atoms with Crippen molar-refractivity contribution in [1.82, 2.24) is 14.7 Å². The van der Waals surface area contributed by atoms with E-state index in [0.29, 0.717) is 25.4 Å². The molecule has 1 N–H and O–H groups in total. The second kappa shape index (κ2) is 7.23. The maximum Gasteiger partial charge on any atom is 0.257 e. The van der Waals surface area contributed by atoms with Crippen LogP contribution in [0.3, 0.4) is 0 Å². The van der Waals surface area contributed by atoms with Crippen LogP contribution in [0.4, 0.5) is 0 Å². The number of nitrogens with zero attached hydrogens (tertiary/aromatic N) is 3. The van der Waals surface area contributed by atoms with Crippen LogP contribution in [0, 0.1) is 5.92 Å². The van der Waals surface area contributed by atoms with Gasteiger partial charge in [0.25, 0.3) is 5.91 Å². The minimum absolute atomic E-state index is 0.0801. The van der Waals surface area contributed by atoms with Crippen molar-refractivity contribution in [3.63, 3.8) is 0 Å². The fourth-order valence-electron chi connectivity index (χ4n) is 3.91. The summed E-state index contributed by atoms with van der Waals surface area (Å²) < 4.78 is 1.88. The molecule has 0 bridgehead atoms. The first-order valence-electron chi connectivity index (χ1n) is 9.74. The molecule has 4 rings (SSSR count). The van der Waals surface area contributed by atoms with Crippen LogP contribution in [-0.2, 0) is 13.0 Å². The van der Waals surface area contributed by atoms with Gasteiger partial charge in [-0.25, -0.2) is 0 Å². The van der Waals surface area contributed by atoms with E-state index in [9.17, 15) is 9.90 Å². The molecule has 5 nitrogen and oxygen atoms in total. The molecule has 1 aliphatic heterocycles. The summed E-state index contributed by atoms with van der Waals surface area (Å²) >= 11 is 0. The van der Waals surface area contributed by atoms with Gasteiger partial charge in [-0.15, -0.1) is 0 Å². The van der Waals surface area contributed by atoms with E-state index in [1.165, 1.54) is 5.56 Å². The number of carbonyl (C=O) groups excluding carboxylic acids is 1. The first kappa shape index (κ1) is 17.3. The molecule has 5 heteroatoms. The molecule has 0 radical (unpaired) electrons. The number of amides is 1. The van der Waals surface area contributed by atoms with E-state index in [4.69, 9.17) is 0 Å². The summed E-state index contributed by atoms with van der Waals surface area (Å²) in [5, 5.41) is 15.1. The first-order valence-corrected chi connectivity index (χ1v) is 9.74. The summed E-state index contributed by atoms with van der Waals surface area (Å²) in [4.78, 5) is 15.1. The number of rotatable bonds is 5. The monoisotopic (exact) mass is 353 g/mol. The topological polar surface area (TPSA) is 58.4 Å². The molecule has 1 saturated heterocycles. The third-order valence-corrected chi connectivity index (χ3v) is 5.63. The van der Waals surface area contributed by atoms with Gasteiger partial charge in [0.05, 0.1) is 17.4 Å². The van der Waals surface area contributed by atoms with E-state index in [1.807, 2.05) is 40.9 Å². The molecule has 0 unspecified atom stereocenters. The average molecular weight is 353 g/mol. The third-order valence-electron chi connectivity index (χ3n) is 5.63. The summed E-state index contributed by atoms with van der Waals surface area (Å²) in [6.45, 7) is 4.05. The molecule has 1 aliphatic carbocycles. The fraction of sp³-hybridized carbons (Fsp3) is 0.524. The number of carbonyl (C=O) groups is 1. The smallest absolute Gasteiger partial charge is 0.257 e. The highest BCUT2D eigenvalue weighted by molar-refractivity contribution is 5.95.